The van der Waals surface area contributed by atoms with Crippen molar-refractivity contribution < 1.29 is 9.53 Å². The van der Waals surface area contributed by atoms with Crippen molar-refractivity contribution >= 4 is 5.78 Å². The second-order valence-electron chi connectivity index (χ2n) is 3.56. The Morgan fingerprint density at radius 1 is 1.42 bits per heavy atom. The van der Waals surface area contributed by atoms with Crippen LogP contribution in [0, 0.1) is 5.92 Å². The molecule has 0 saturated heterocycles. The highest BCUT2D eigenvalue weighted by Gasteiger charge is 2.14. The smallest absolute Gasteiger partial charge is 0.158 e. The minimum atomic E-state index is 0.216. The molecule has 0 aromatic carbocycles. The van der Waals surface area contributed by atoms with Crippen LogP contribution in [0.2, 0.25) is 0 Å². The molecule has 12 heavy (non-hydrogen) atoms. The monoisotopic (exact) mass is 170 g/mol. The fraction of sp³-hybridized carbons (Fsp3) is 0.900. The normalized spacial score (nSPS) is 18.4. The van der Waals surface area contributed by atoms with E-state index in [4.69, 9.17) is 4.74 Å². The molecular weight excluding hydrogens is 152 g/mol. The average molecular weight is 170 g/mol. The zero-order valence-electron chi connectivity index (χ0n) is 7.84. The summed E-state index contributed by atoms with van der Waals surface area (Å²) in [5.41, 5.74) is 0. The molecule has 2 heteroatoms. The van der Waals surface area contributed by atoms with E-state index < -0.39 is 0 Å². The number of ketones is 1. The van der Waals surface area contributed by atoms with Crippen molar-refractivity contribution in [2.75, 3.05) is 13.2 Å². The Morgan fingerprint density at radius 3 is 2.67 bits per heavy atom. The molecule has 1 fully saturated rings. The van der Waals surface area contributed by atoms with Crippen molar-refractivity contribution in [3.8, 4) is 0 Å². The summed E-state index contributed by atoms with van der Waals surface area (Å²) >= 11 is 0. The Hall–Kier alpha value is -0.370. The Balaban J connectivity index is 1.97. The lowest BCUT2D eigenvalue weighted by Crippen LogP contribution is -2.12. The van der Waals surface area contributed by atoms with E-state index in [1.807, 2.05) is 6.92 Å². The highest BCUT2D eigenvalue weighted by Crippen LogP contribution is 2.24. The van der Waals surface area contributed by atoms with Crippen LogP contribution in [0.1, 0.15) is 39.0 Å². The second kappa shape index (κ2) is 5.31. The van der Waals surface area contributed by atoms with Crippen LogP contribution in [0.3, 0.4) is 0 Å². The van der Waals surface area contributed by atoms with E-state index in [0.717, 1.165) is 12.5 Å². The number of carbonyl (C=O) groups excluding carboxylic acids is 1. The molecule has 0 aromatic rings. The fourth-order valence-electron chi connectivity index (χ4n) is 1.62. The van der Waals surface area contributed by atoms with E-state index in [9.17, 15) is 4.79 Å². The topological polar surface area (TPSA) is 26.3 Å². The van der Waals surface area contributed by atoms with Crippen molar-refractivity contribution in [2.24, 2.45) is 5.92 Å². The first-order valence-electron chi connectivity index (χ1n) is 4.92. The zero-order chi connectivity index (χ0) is 8.81. The molecule has 0 bridgehead atoms. The molecule has 0 amide bonds. The Bertz CT molecular complexity index is 137. The molecule has 0 unspecified atom stereocenters. The maximum atomic E-state index is 10.9. The third-order valence-electron chi connectivity index (χ3n) is 2.49. The Morgan fingerprint density at radius 2 is 2.08 bits per heavy atom. The van der Waals surface area contributed by atoms with E-state index in [1.165, 1.54) is 25.7 Å². The minimum absolute atomic E-state index is 0.216. The SMILES string of the molecule is CCC(=O)COCC1CCCC1. The molecule has 0 atom stereocenters. The molecule has 0 N–H and O–H groups in total. The highest BCUT2D eigenvalue weighted by molar-refractivity contribution is 5.79. The largest absolute Gasteiger partial charge is 0.373 e. The van der Waals surface area contributed by atoms with E-state index >= 15 is 0 Å². The summed E-state index contributed by atoms with van der Waals surface area (Å²) in [6.07, 6.45) is 5.87. The standard InChI is InChI=1S/C10H18O2/c1-2-10(11)8-12-7-9-5-3-4-6-9/h9H,2-8H2,1H3. The predicted molar refractivity (Wildman–Crippen MR) is 48.1 cm³/mol. The average Bonchev–Trinajstić information content (AvgIpc) is 2.57. The molecule has 2 nitrogen and oxygen atoms in total. The number of hydrogen-bond acceptors (Lipinski definition) is 2. The summed E-state index contributed by atoms with van der Waals surface area (Å²) in [6.45, 7) is 3.00. The van der Waals surface area contributed by atoms with Gasteiger partial charge in [-0.25, -0.2) is 0 Å². The molecule has 70 valence electrons. The summed E-state index contributed by atoms with van der Waals surface area (Å²) in [5, 5.41) is 0. The molecule has 0 aromatic heterocycles. The van der Waals surface area contributed by atoms with E-state index in [-0.39, 0.29) is 5.78 Å². The molecular formula is C10H18O2. The predicted octanol–water partition coefficient (Wildman–Crippen LogP) is 2.17. The van der Waals surface area contributed by atoms with Crippen LogP contribution in [0.25, 0.3) is 0 Å². The van der Waals surface area contributed by atoms with Gasteiger partial charge >= 0.3 is 0 Å². The fourth-order valence-corrected chi connectivity index (χ4v) is 1.62. The maximum absolute atomic E-state index is 10.9. The maximum Gasteiger partial charge on any atom is 0.158 e. The van der Waals surface area contributed by atoms with Crippen molar-refractivity contribution in [3.63, 3.8) is 0 Å². The van der Waals surface area contributed by atoms with Crippen LogP contribution in [0.5, 0.6) is 0 Å². The zero-order valence-corrected chi connectivity index (χ0v) is 7.84. The summed E-state index contributed by atoms with van der Waals surface area (Å²) < 4.78 is 5.32. The highest BCUT2D eigenvalue weighted by atomic mass is 16.5. The lowest BCUT2D eigenvalue weighted by Gasteiger charge is -2.08. The van der Waals surface area contributed by atoms with Gasteiger partial charge in [-0.15, -0.1) is 0 Å². The van der Waals surface area contributed by atoms with Gasteiger partial charge in [0.25, 0.3) is 0 Å². The number of ether oxygens (including phenoxy) is 1. The molecule has 0 aliphatic heterocycles. The number of hydrogen-bond donors (Lipinski definition) is 0. The van der Waals surface area contributed by atoms with Gasteiger partial charge < -0.3 is 4.74 Å². The van der Waals surface area contributed by atoms with Crippen LogP contribution in [0.4, 0.5) is 0 Å². The molecule has 0 radical (unpaired) electrons. The number of rotatable bonds is 5. The van der Waals surface area contributed by atoms with Gasteiger partial charge in [0.05, 0.1) is 0 Å². The lowest BCUT2D eigenvalue weighted by atomic mass is 10.1. The number of carbonyl (C=O) groups is 1. The van der Waals surface area contributed by atoms with Crippen molar-refractivity contribution in [1.29, 1.82) is 0 Å². The van der Waals surface area contributed by atoms with Crippen LogP contribution in [-0.2, 0) is 9.53 Å². The molecule has 0 heterocycles. The molecule has 1 saturated carbocycles. The van der Waals surface area contributed by atoms with E-state index in [0.29, 0.717) is 13.0 Å². The first-order chi connectivity index (χ1) is 5.83. The molecule has 0 spiro atoms. The van der Waals surface area contributed by atoms with Crippen molar-refractivity contribution in [3.05, 3.63) is 0 Å². The minimum Gasteiger partial charge on any atom is -0.373 e. The van der Waals surface area contributed by atoms with E-state index in [2.05, 4.69) is 0 Å². The van der Waals surface area contributed by atoms with Gasteiger partial charge in [0.2, 0.25) is 0 Å². The van der Waals surface area contributed by atoms with Gasteiger partial charge in [0.15, 0.2) is 5.78 Å². The van der Waals surface area contributed by atoms with Crippen LogP contribution in [-0.4, -0.2) is 19.0 Å². The first kappa shape index (κ1) is 9.72. The van der Waals surface area contributed by atoms with Crippen molar-refractivity contribution in [2.45, 2.75) is 39.0 Å². The summed E-state index contributed by atoms with van der Waals surface area (Å²) in [7, 11) is 0. The van der Waals surface area contributed by atoms with E-state index in [1.54, 1.807) is 0 Å². The van der Waals surface area contributed by atoms with Crippen LogP contribution in [0.15, 0.2) is 0 Å². The van der Waals surface area contributed by atoms with Gasteiger partial charge in [0.1, 0.15) is 6.61 Å². The molecule has 1 aliphatic carbocycles. The lowest BCUT2D eigenvalue weighted by molar-refractivity contribution is -0.123. The molecule has 1 aliphatic rings. The number of Topliss-reactive ketones (excluding diaryl/α,β-unsaturated/α-hetero) is 1. The summed E-state index contributed by atoms with van der Waals surface area (Å²) in [6, 6.07) is 0. The van der Waals surface area contributed by atoms with Crippen molar-refractivity contribution in [1.82, 2.24) is 0 Å². The van der Waals surface area contributed by atoms with Gasteiger partial charge in [-0.05, 0) is 18.8 Å². The summed E-state index contributed by atoms with van der Waals surface area (Å²) in [4.78, 5) is 10.9. The second-order valence-corrected chi connectivity index (χ2v) is 3.56. The quantitative estimate of drug-likeness (QED) is 0.632. The van der Waals surface area contributed by atoms with Gasteiger partial charge in [-0.1, -0.05) is 19.8 Å². The summed E-state index contributed by atoms with van der Waals surface area (Å²) in [5.74, 6) is 0.947. The Labute approximate surface area is 74.3 Å². The van der Waals surface area contributed by atoms with Crippen LogP contribution >= 0.6 is 0 Å². The van der Waals surface area contributed by atoms with Crippen LogP contribution < -0.4 is 0 Å². The van der Waals surface area contributed by atoms with Gasteiger partial charge in [0, 0.05) is 13.0 Å². The van der Waals surface area contributed by atoms with Gasteiger partial charge in [-0.3, -0.25) is 4.79 Å². The first-order valence-corrected chi connectivity index (χ1v) is 4.92. The third-order valence-corrected chi connectivity index (χ3v) is 2.49. The molecule has 1 rings (SSSR count). The van der Waals surface area contributed by atoms with Gasteiger partial charge in [-0.2, -0.15) is 0 Å². The Kier molecular flexibility index (Phi) is 4.30. The third kappa shape index (κ3) is 3.35.